The largest absolute Gasteiger partial charge is 0.454 e. The van der Waals surface area contributed by atoms with Gasteiger partial charge in [0.15, 0.2) is 16.7 Å². The second-order valence-electron chi connectivity index (χ2n) is 7.86. The molecule has 1 N–H and O–H groups in total. The van der Waals surface area contributed by atoms with Crippen LogP contribution in [0, 0.1) is 0 Å². The molecular formula is C26H23N3O4S. The van der Waals surface area contributed by atoms with Crippen LogP contribution in [0.15, 0.2) is 82.7 Å². The average Bonchev–Trinajstić information content (AvgIpc) is 3.33. The van der Waals surface area contributed by atoms with Gasteiger partial charge in [-0.15, -0.1) is 0 Å². The first-order valence-electron chi connectivity index (χ1n) is 11.0. The molecule has 0 atom stereocenters. The fourth-order valence-electron chi connectivity index (χ4n) is 3.79. The number of hydrogen-bond donors (Lipinski definition) is 1. The van der Waals surface area contributed by atoms with Gasteiger partial charge in [0.1, 0.15) is 0 Å². The van der Waals surface area contributed by atoms with E-state index in [9.17, 15) is 9.59 Å². The predicted molar refractivity (Wildman–Crippen MR) is 132 cm³/mol. The number of hydrogen-bond acceptors (Lipinski definition) is 6. The Morgan fingerprint density at radius 1 is 0.971 bits per heavy atom. The molecule has 0 saturated carbocycles. The highest BCUT2D eigenvalue weighted by Gasteiger charge is 2.17. The lowest BCUT2D eigenvalue weighted by atomic mass is 10.1. The SMILES string of the molecule is O=C(CSc1nc2ccccc2c(=O)n1Cc1ccc2c(c1)OCO2)NCCc1ccccc1. The van der Waals surface area contributed by atoms with E-state index < -0.39 is 0 Å². The molecule has 1 aliphatic rings. The number of nitrogens with one attached hydrogen (secondary N) is 1. The van der Waals surface area contributed by atoms with Crippen LogP contribution in [-0.2, 0) is 17.8 Å². The molecule has 1 amide bonds. The van der Waals surface area contributed by atoms with Crippen LogP contribution in [0.3, 0.4) is 0 Å². The number of carbonyl (C=O) groups excluding carboxylic acids is 1. The summed E-state index contributed by atoms with van der Waals surface area (Å²) in [6, 6.07) is 22.9. The molecule has 0 fully saturated rings. The highest BCUT2D eigenvalue weighted by Crippen LogP contribution is 2.33. The van der Waals surface area contributed by atoms with Crippen molar-refractivity contribution in [3.05, 3.63) is 94.3 Å². The van der Waals surface area contributed by atoms with Gasteiger partial charge in [-0.05, 0) is 41.8 Å². The quantitative estimate of drug-likeness (QED) is 0.311. The number of fused-ring (bicyclic) bond motifs is 2. The topological polar surface area (TPSA) is 82.5 Å². The van der Waals surface area contributed by atoms with E-state index in [0.29, 0.717) is 40.6 Å². The first kappa shape index (κ1) is 22.0. The molecule has 8 heteroatoms. The van der Waals surface area contributed by atoms with Gasteiger partial charge in [-0.3, -0.25) is 14.2 Å². The van der Waals surface area contributed by atoms with Crippen LogP contribution >= 0.6 is 11.8 Å². The monoisotopic (exact) mass is 473 g/mol. The van der Waals surface area contributed by atoms with Crippen molar-refractivity contribution in [1.29, 1.82) is 0 Å². The number of para-hydroxylation sites is 1. The third-order valence-electron chi connectivity index (χ3n) is 5.52. The molecule has 4 aromatic rings. The molecule has 5 rings (SSSR count). The van der Waals surface area contributed by atoms with Crippen molar-refractivity contribution in [1.82, 2.24) is 14.9 Å². The van der Waals surface area contributed by atoms with Gasteiger partial charge >= 0.3 is 0 Å². The van der Waals surface area contributed by atoms with E-state index in [4.69, 9.17) is 14.5 Å². The normalized spacial score (nSPS) is 12.1. The molecular weight excluding hydrogens is 450 g/mol. The number of ether oxygens (including phenoxy) is 2. The Morgan fingerprint density at radius 3 is 2.65 bits per heavy atom. The van der Waals surface area contributed by atoms with E-state index in [2.05, 4.69) is 5.32 Å². The zero-order chi connectivity index (χ0) is 23.3. The molecule has 7 nitrogen and oxygen atoms in total. The molecule has 2 heterocycles. The highest BCUT2D eigenvalue weighted by molar-refractivity contribution is 7.99. The summed E-state index contributed by atoms with van der Waals surface area (Å²) in [5, 5.41) is 3.99. The predicted octanol–water partition coefficient (Wildman–Crippen LogP) is 3.62. The minimum atomic E-state index is -0.143. The number of thioether (sulfide) groups is 1. The van der Waals surface area contributed by atoms with E-state index in [1.54, 1.807) is 10.6 Å². The van der Waals surface area contributed by atoms with E-state index >= 15 is 0 Å². The number of aromatic nitrogens is 2. The number of rotatable bonds is 8. The molecule has 0 bridgehead atoms. The molecule has 0 unspecified atom stereocenters. The van der Waals surface area contributed by atoms with Crippen LogP contribution < -0.4 is 20.3 Å². The van der Waals surface area contributed by atoms with Crippen molar-refractivity contribution in [3.8, 4) is 11.5 Å². The van der Waals surface area contributed by atoms with Gasteiger partial charge in [-0.25, -0.2) is 4.98 Å². The Labute approximate surface area is 200 Å². The Morgan fingerprint density at radius 2 is 1.76 bits per heavy atom. The van der Waals surface area contributed by atoms with Crippen molar-refractivity contribution in [2.24, 2.45) is 0 Å². The maximum Gasteiger partial charge on any atom is 0.262 e. The Kier molecular flexibility index (Phi) is 6.49. The first-order valence-corrected chi connectivity index (χ1v) is 12.0. The minimum absolute atomic E-state index is 0.0991. The van der Waals surface area contributed by atoms with Gasteiger partial charge in [0, 0.05) is 6.54 Å². The van der Waals surface area contributed by atoms with Crippen molar-refractivity contribution >= 4 is 28.6 Å². The number of benzene rings is 3. The van der Waals surface area contributed by atoms with Gasteiger partial charge < -0.3 is 14.8 Å². The van der Waals surface area contributed by atoms with Gasteiger partial charge in [0.2, 0.25) is 12.7 Å². The highest BCUT2D eigenvalue weighted by atomic mass is 32.2. The first-order chi connectivity index (χ1) is 16.7. The molecule has 0 spiro atoms. The van der Waals surface area contributed by atoms with E-state index in [1.165, 1.54) is 17.3 Å². The molecule has 0 radical (unpaired) electrons. The molecule has 3 aromatic carbocycles. The van der Waals surface area contributed by atoms with Crippen molar-refractivity contribution in [2.75, 3.05) is 19.1 Å². The maximum absolute atomic E-state index is 13.3. The summed E-state index contributed by atoms with van der Waals surface area (Å²) in [6.07, 6.45) is 0.764. The molecule has 1 aliphatic heterocycles. The smallest absolute Gasteiger partial charge is 0.262 e. The van der Waals surface area contributed by atoms with E-state index in [-0.39, 0.29) is 24.0 Å². The molecule has 172 valence electrons. The fraction of sp³-hybridized carbons (Fsp3) is 0.192. The van der Waals surface area contributed by atoms with Gasteiger partial charge in [-0.2, -0.15) is 0 Å². The van der Waals surface area contributed by atoms with E-state index in [0.717, 1.165) is 12.0 Å². The maximum atomic E-state index is 13.3. The van der Waals surface area contributed by atoms with Gasteiger partial charge in [0.05, 0.1) is 23.2 Å². The van der Waals surface area contributed by atoms with Crippen molar-refractivity contribution in [2.45, 2.75) is 18.1 Å². The molecule has 1 aromatic heterocycles. The lowest BCUT2D eigenvalue weighted by molar-refractivity contribution is -0.118. The second kappa shape index (κ2) is 10.0. The third-order valence-corrected chi connectivity index (χ3v) is 6.49. The molecule has 34 heavy (non-hydrogen) atoms. The van der Waals surface area contributed by atoms with Crippen LogP contribution in [0.2, 0.25) is 0 Å². The lowest BCUT2D eigenvalue weighted by Gasteiger charge is -2.14. The summed E-state index contributed by atoms with van der Waals surface area (Å²) >= 11 is 1.26. The third kappa shape index (κ3) is 4.92. The molecule has 0 saturated heterocycles. The number of carbonyl (C=O) groups is 1. The summed E-state index contributed by atoms with van der Waals surface area (Å²) in [4.78, 5) is 30.5. The van der Waals surface area contributed by atoms with Crippen LogP contribution in [-0.4, -0.2) is 34.5 Å². The molecule has 0 aliphatic carbocycles. The Bertz CT molecular complexity index is 1390. The second-order valence-corrected chi connectivity index (χ2v) is 8.81. The zero-order valence-corrected chi connectivity index (χ0v) is 19.2. The van der Waals surface area contributed by atoms with Crippen molar-refractivity contribution in [3.63, 3.8) is 0 Å². The summed E-state index contributed by atoms with van der Waals surface area (Å²) in [7, 11) is 0. The van der Waals surface area contributed by atoms with Crippen molar-refractivity contribution < 1.29 is 14.3 Å². The van der Waals surface area contributed by atoms with Crippen LogP contribution in [0.25, 0.3) is 10.9 Å². The minimum Gasteiger partial charge on any atom is -0.454 e. The number of amides is 1. The summed E-state index contributed by atoms with van der Waals surface area (Å²) in [6.45, 7) is 1.06. The average molecular weight is 474 g/mol. The fourth-order valence-corrected chi connectivity index (χ4v) is 4.62. The Hall–Kier alpha value is -3.78. The summed E-state index contributed by atoms with van der Waals surface area (Å²) in [5.74, 6) is 1.42. The Balaban J connectivity index is 1.33. The van der Waals surface area contributed by atoms with Crippen LogP contribution in [0.1, 0.15) is 11.1 Å². The summed E-state index contributed by atoms with van der Waals surface area (Å²) < 4.78 is 12.5. The standard InChI is InChI=1S/C26H23N3O4S/c30-24(27-13-12-18-6-2-1-3-7-18)16-34-26-28-21-9-5-4-8-20(21)25(31)29(26)15-19-10-11-22-23(14-19)33-17-32-22/h1-11,14H,12-13,15-17H2,(H,27,30). The number of nitrogens with zero attached hydrogens (tertiary/aromatic N) is 2. The van der Waals surface area contributed by atoms with E-state index in [1.807, 2.05) is 66.7 Å². The van der Waals surface area contributed by atoms with Gasteiger partial charge in [0.25, 0.3) is 5.56 Å². The van der Waals surface area contributed by atoms with Gasteiger partial charge in [-0.1, -0.05) is 60.3 Å². The van der Waals surface area contributed by atoms with Crippen LogP contribution in [0.4, 0.5) is 0 Å². The zero-order valence-electron chi connectivity index (χ0n) is 18.4. The summed E-state index contributed by atoms with van der Waals surface area (Å²) in [5.41, 5.74) is 2.53. The van der Waals surface area contributed by atoms with Crippen LogP contribution in [0.5, 0.6) is 11.5 Å². The lowest BCUT2D eigenvalue weighted by Crippen LogP contribution is -2.28.